The Kier molecular flexibility index (Phi) is 3.55. The number of rotatable bonds is 4. The fourth-order valence-electron chi connectivity index (χ4n) is 2.31. The Morgan fingerprint density at radius 2 is 2.31 bits per heavy atom. The first-order chi connectivity index (χ1) is 6.06. The minimum Gasteiger partial charge on any atom is -0.317 e. The van der Waals surface area contributed by atoms with Gasteiger partial charge in [0.2, 0.25) is 0 Å². The summed E-state index contributed by atoms with van der Waals surface area (Å²) < 4.78 is 0. The molecule has 0 aromatic rings. The maximum atomic E-state index is 3.97. The average Bonchev–Trinajstić information content (AvgIpc) is 2.45. The summed E-state index contributed by atoms with van der Waals surface area (Å²) in [6.45, 7) is 8.53. The molecule has 1 heteroatoms. The van der Waals surface area contributed by atoms with E-state index in [0.717, 1.165) is 6.04 Å². The molecular weight excluding hydrogens is 158 g/mol. The van der Waals surface area contributed by atoms with Crippen molar-refractivity contribution in [2.45, 2.75) is 52.0 Å². The molecule has 0 bridgehead atoms. The lowest BCUT2D eigenvalue weighted by Crippen LogP contribution is -2.23. The van der Waals surface area contributed by atoms with Crippen molar-refractivity contribution >= 4 is 0 Å². The molecule has 0 aromatic heterocycles. The zero-order valence-electron chi connectivity index (χ0n) is 9.32. The van der Waals surface area contributed by atoms with Crippen molar-refractivity contribution in [1.82, 2.24) is 5.32 Å². The zero-order chi connectivity index (χ0) is 9.90. The smallest absolute Gasteiger partial charge is 0.00694 e. The Morgan fingerprint density at radius 3 is 2.77 bits per heavy atom. The largest absolute Gasteiger partial charge is 0.317 e. The summed E-state index contributed by atoms with van der Waals surface area (Å²) >= 11 is 0. The minimum atomic E-state index is 0.576. The molecular formula is C12H23N. The molecule has 2 atom stereocenters. The summed E-state index contributed by atoms with van der Waals surface area (Å²) in [6, 6.07) is 0.759. The van der Waals surface area contributed by atoms with E-state index < -0.39 is 0 Å². The molecule has 76 valence electrons. The second kappa shape index (κ2) is 4.28. The fourth-order valence-corrected chi connectivity index (χ4v) is 2.31. The van der Waals surface area contributed by atoms with Gasteiger partial charge in [0.15, 0.2) is 0 Å². The molecule has 0 heterocycles. The number of allylic oxidation sites excluding steroid dienone is 1. The van der Waals surface area contributed by atoms with Gasteiger partial charge in [0, 0.05) is 6.04 Å². The van der Waals surface area contributed by atoms with E-state index in [1.807, 2.05) is 0 Å². The standard InChI is InChI=1S/C12H23N/c1-10(2)5-7-12(3)8-6-11(9-12)13-4/h11,13H,1,5-9H2,2-4H3. The summed E-state index contributed by atoms with van der Waals surface area (Å²) in [5, 5.41) is 3.38. The topological polar surface area (TPSA) is 12.0 Å². The normalized spacial score (nSPS) is 33.6. The van der Waals surface area contributed by atoms with Gasteiger partial charge >= 0.3 is 0 Å². The van der Waals surface area contributed by atoms with E-state index in [0.29, 0.717) is 5.41 Å². The van der Waals surface area contributed by atoms with Gasteiger partial charge in [-0.2, -0.15) is 0 Å². The van der Waals surface area contributed by atoms with Crippen molar-refractivity contribution in [1.29, 1.82) is 0 Å². The van der Waals surface area contributed by atoms with Crippen molar-refractivity contribution in [3.63, 3.8) is 0 Å². The van der Waals surface area contributed by atoms with Crippen LogP contribution >= 0.6 is 0 Å². The second-order valence-corrected chi connectivity index (χ2v) is 5.00. The van der Waals surface area contributed by atoms with Crippen molar-refractivity contribution in [2.75, 3.05) is 7.05 Å². The van der Waals surface area contributed by atoms with Gasteiger partial charge in [-0.05, 0) is 51.5 Å². The van der Waals surface area contributed by atoms with Gasteiger partial charge in [0.25, 0.3) is 0 Å². The van der Waals surface area contributed by atoms with Crippen LogP contribution in [0.1, 0.15) is 46.0 Å². The molecule has 0 aliphatic heterocycles. The van der Waals surface area contributed by atoms with Crippen LogP contribution in [-0.4, -0.2) is 13.1 Å². The van der Waals surface area contributed by atoms with E-state index in [1.165, 1.54) is 37.7 Å². The van der Waals surface area contributed by atoms with Crippen LogP contribution in [0.15, 0.2) is 12.2 Å². The van der Waals surface area contributed by atoms with Crippen LogP contribution in [0.2, 0.25) is 0 Å². The quantitative estimate of drug-likeness (QED) is 0.657. The first-order valence-corrected chi connectivity index (χ1v) is 5.37. The molecule has 0 spiro atoms. The van der Waals surface area contributed by atoms with E-state index in [1.54, 1.807) is 0 Å². The van der Waals surface area contributed by atoms with Gasteiger partial charge in [-0.3, -0.25) is 0 Å². The van der Waals surface area contributed by atoms with Crippen molar-refractivity contribution in [2.24, 2.45) is 5.41 Å². The van der Waals surface area contributed by atoms with Crippen molar-refractivity contribution in [3.8, 4) is 0 Å². The summed E-state index contributed by atoms with van der Waals surface area (Å²) in [5.74, 6) is 0. The van der Waals surface area contributed by atoms with Crippen LogP contribution in [-0.2, 0) is 0 Å². The maximum absolute atomic E-state index is 3.97. The van der Waals surface area contributed by atoms with Gasteiger partial charge in [0.05, 0.1) is 0 Å². The van der Waals surface area contributed by atoms with Crippen LogP contribution in [0.25, 0.3) is 0 Å². The lowest BCUT2D eigenvalue weighted by atomic mass is 9.82. The SMILES string of the molecule is C=C(C)CCC1(C)CCC(NC)C1. The molecule has 1 aliphatic carbocycles. The monoisotopic (exact) mass is 181 g/mol. The third kappa shape index (κ3) is 3.15. The van der Waals surface area contributed by atoms with Crippen LogP contribution in [0, 0.1) is 5.41 Å². The Hall–Kier alpha value is -0.300. The zero-order valence-corrected chi connectivity index (χ0v) is 9.32. The molecule has 2 unspecified atom stereocenters. The van der Waals surface area contributed by atoms with Crippen LogP contribution in [0.3, 0.4) is 0 Å². The predicted molar refractivity (Wildman–Crippen MR) is 58.9 cm³/mol. The Morgan fingerprint density at radius 1 is 1.62 bits per heavy atom. The predicted octanol–water partition coefficient (Wildman–Crippen LogP) is 3.12. The molecule has 13 heavy (non-hydrogen) atoms. The highest BCUT2D eigenvalue weighted by molar-refractivity contribution is 4.94. The molecule has 0 saturated heterocycles. The molecule has 1 N–H and O–H groups in total. The molecule has 0 amide bonds. The Bertz CT molecular complexity index is 186. The van der Waals surface area contributed by atoms with E-state index >= 15 is 0 Å². The fraction of sp³-hybridized carbons (Fsp3) is 0.833. The van der Waals surface area contributed by atoms with Gasteiger partial charge in [-0.25, -0.2) is 0 Å². The summed E-state index contributed by atoms with van der Waals surface area (Å²) in [5.41, 5.74) is 1.90. The molecule has 1 fully saturated rings. The van der Waals surface area contributed by atoms with Gasteiger partial charge in [0.1, 0.15) is 0 Å². The number of hydrogen-bond donors (Lipinski definition) is 1. The number of nitrogens with one attached hydrogen (secondary N) is 1. The minimum absolute atomic E-state index is 0.576. The van der Waals surface area contributed by atoms with Crippen LogP contribution in [0.5, 0.6) is 0 Å². The molecule has 1 aliphatic rings. The maximum Gasteiger partial charge on any atom is 0.00694 e. The van der Waals surface area contributed by atoms with Crippen molar-refractivity contribution in [3.05, 3.63) is 12.2 Å². The first kappa shape index (κ1) is 10.8. The van der Waals surface area contributed by atoms with Crippen LogP contribution < -0.4 is 5.32 Å². The molecule has 0 radical (unpaired) electrons. The molecule has 1 saturated carbocycles. The van der Waals surface area contributed by atoms with E-state index in [2.05, 4.69) is 32.8 Å². The van der Waals surface area contributed by atoms with E-state index in [4.69, 9.17) is 0 Å². The highest BCUT2D eigenvalue weighted by Crippen LogP contribution is 2.41. The Balaban J connectivity index is 2.35. The van der Waals surface area contributed by atoms with E-state index in [-0.39, 0.29) is 0 Å². The summed E-state index contributed by atoms with van der Waals surface area (Å²) in [6.07, 6.45) is 6.60. The van der Waals surface area contributed by atoms with Gasteiger partial charge in [-0.15, -0.1) is 6.58 Å². The molecule has 1 nitrogen and oxygen atoms in total. The van der Waals surface area contributed by atoms with Crippen LogP contribution in [0.4, 0.5) is 0 Å². The lowest BCUT2D eigenvalue weighted by molar-refractivity contribution is 0.300. The second-order valence-electron chi connectivity index (χ2n) is 5.00. The highest BCUT2D eigenvalue weighted by atomic mass is 14.9. The summed E-state index contributed by atoms with van der Waals surface area (Å²) in [4.78, 5) is 0. The third-order valence-corrected chi connectivity index (χ3v) is 3.40. The van der Waals surface area contributed by atoms with Crippen molar-refractivity contribution < 1.29 is 0 Å². The summed E-state index contributed by atoms with van der Waals surface area (Å²) in [7, 11) is 2.08. The molecule has 1 rings (SSSR count). The van der Waals surface area contributed by atoms with E-state index in [9.17, 15) is 0 Å². The lowest BCUT2D eigenvalue weighted by Gasteiger charge is -2.24. The van der Waals surface area contributed by atoms with Gasteiger partial charge < -0.3 is 5.32 Å². The first-order valence-electron chi connectivity index (χ1n) is 5.37. The third-order valence-electron chi connectivity index (χ3n) is 3.40. The highest BCUT2D eigenvalue weighted by Gasteiger charge is 2.33. The number of hydrogen-bond acceptors (Lipinski definition) is 1. The average molecular weight is 181 g/mol. The Labute approximate surface area is 82.6 Å². The van der Waals surface area contributed by atoms with Gasteiger partial charge in [-0.1, -0.05) is 12.5 Å². The molecule has 0 aromatic carbocycles.